The van der Waals surface area contributed by atoms with E-state index >= 15 is 0 Å². The number of benzene rings is 1. The summed E-state index contributed by atoms with van der Waals surface area (Å²) in [6.07, 6.45) is 2.26. The number of non-ortho nitro benzene ring substituents is 1. The number of thiophene rings is 1. The van der Waals surface area contributed by atoms with Gasteiger partial charge in [-0.3, -0.25) is 24.5 Å². The molecule has 3 aromatic rings. The zero-order chi connectivity index (χ0) is 23.3. The molecule has 1 unspecified atom stereocenters. The summed E-state index contributed by atoms with van der Waals surface area (Å²) >= 11 is 2.82. The lowest BCUT2D eigenvalue weighted by Gasteiger charge is -2.24. The van der Waals surface area contributed by atoms with Crippen LogP contribution in [-0.4, -0.2) is 56.7 Å². The summed E-state index contributed by atoms with van der Waals surface area (Å²) in [6, 6.07) is 6.23. The Bertz CT molecular complexity index is 1210. The number of carbonyl (C=O) groups is 2. The average molecular weight is 476 g/mol. The van der Waals surface area contributed by atoms with Gasteiger partial charge in [0.05, 0.1) is 17.0 Å². The van der Waals surface area contributed by atoms with Crippen LogP contribution in [0.25, 0.3) is 10.2 Å². The van der Waals surface area contributed by atoms with Gasteiger partial charge < -0.3 is 15.2 Å². The third kappa shape index (κ3) is 5.51. The average Bonchev–Trinajstić information content (AvgIpc) is 3.25. The standard InChI is InChI=1S/C20H21N5O5S2/c1-24(11-16-21-14-7-9-32-17(14)19(27)23-16)20(28)15(6-8-31-2)22-18(26)12-4-3-5-13(10-12)25(29)30/h3-5,7,9-10,15H,6,8,11H2,1-2H3,(H,22,26)(H,21,23,27). The lowest BCUT2D eigenvalue weighted by molar-refractivity contribution is -0.384. The highest BCUT2D eigenvalue weighted by atomic mass is 32.2. The molecule has 10 nitrogen and oxygen atoms in total. The van der Waals surface area contributed by atoms with Crippen LogP contribution in [0.1, 0.15) is 22.6 Å². The SMILES string of the molecule is CSCCC(NC(=O)c1cccc([N+](=O)[O-])c1)C(=O)N(C)Cc1nc2ccsc2c(=O)[nH]1. The van der Waals surface area contributed by atoms with Crippen molar-refractivity contribution in [2.45, 2.75) is 19.0 Å². The fraction of sp³-hybridized carbons (Fsp3) is 0.300. The Morgan fingerprint density at radius 1 is 1.38 bits per heavy atom. The second-order valence-electron chi connectivity index (χ2n) is 6.96. The molecule has 168 valence electrons. The van der Waals surface area contributed by atoms with E-state index in [1.54, 1.807) is 18.5 Å². The number of fused-ring (bicyclic) bond motifs is 1. The number of carbonyl (C=O) groups excluding carboxylic acids is 2. The molecule has 0 radical (unpaired) electrons. The van der Waals surface area contributed by atoms with Gasteiger partial charge in [0.1, 0.15) is 16.6 Å². The van der Waals surface area contributed by atoms with Gasteiger partial charge >= 0.3 is 0 Å². The summed E-state index contributed by atoms with van der Waals surface area (Å²) in [6.45, 7) is 0.0578. The van der Waals surface area contributed by atoms with Crippen molar-refractivity contribution in [2.24, 2.45) is 0 Å². The number of aromatic nitrogens is 2. The van der Waals surface area contributed by atoms with Gasteiger partial charge in [0.2, 0.25) is 5.91 Å². The largest absolute Gasteiger partial charge is 0.340 e. The number of hydrogen-bond acceptors (Lipinski definition) is 8. The first-order chi connectivity index (χ1) is 15.3. The number of nitro benzene ring substituents is 1. The normalized spacial score (nSPS) is 11.8. The van der Waals surface area contributed by atoms with Gasteiger partial charge in [0.15, 0.2) is 0 Å². The Balaban J connectivity index is 1.75. The van der Waals surface area contributed by atoms with E-state index in [2.05, 4.69) is 15.3 Å². The molecule has 0 aliphatic carbocycles. The molecule has 2 N–H and O–H groups in total. The third-order valence-electron chi connectivity index (χ3n) is 4.66. The van der Waals surface area contributed by atoms with Gasteiger partial charge in [0, 0.05) is 24.7 Å². The van der Waals surface area contributed by atoms with E-state index in [0.717, 1.165) is 0 Å². The van der Waals surface area contributed by atoms with E-state index in [-0.39, 0.29) is 29.3 Å². The first-order valence-electron chi connectivity index (χ1n) is 9.55. The van der Waals surface area contributed by atoms with Crippen molar-refractivity contribution in [3.8, 4) is 0 Å². The number of nitrogens with one attached hydrogen (secondary N) is 2. The molecule has 12 heteroatoms. The minimum atomic E-state index is -0.837. The van der Waals surface area contributed by atoms with Crippen LogP contribution in [0, 0.1) is 10.1 Å². The van der Waals surface area contributed by atoms with Crippen molar-refractivity contribution < 1.29 is 14.5 Å². The van der Waals surface area contributed by atoms with Crippen LogP contribution in [0.5, 0.6) is 0 Å². The quantitative estimate of drug-likeness (QED) is 0.358. The van der Waals surface area contributed by atoms with E-state index in [4.69, 9.17) is 0 Å². The van der Waals surface area contributed by atoms with Crippen molar-refractivity contribution in [1.82, 2.24) is 20.2 Å². The predicted octanol–water partition coefficient (Wildman–Crippen LogP) is 2.40. The van der Waals surface area contributed by atoms with Gasteiger partial charge in [-0.25, -0.2) is 4.98 Å². The molecule has 32 heavy (non-hydrogen) atoms. The Labute approximate surface area is 191 Å². The van der Waals surface area contributed by atoms with Crippen molar-refractivity contribution >= 4 is 50.8 Å². The lowest BCUT2D eigenvalue weighted by Crippen LogP contribution is -2.47. The molecule has 1 aromatic carbocycles. The number of rotatable bonds is 9. The van der Waals surface area contributed by atoms with E-state index in [1.165, 1.54) is 52.3 Å². The van der Waals surface area contributed by atoms with E-state index < -0.39 is 16.9 Å². The number of likely N-dealkylation sites (N-methyl/N-ethyl adjacent to an activating group) is 1. The Morgan fingerprint density at radius 2 is 2.16 bits per heavy atom. The number of amides is 2. The molecule has 2 aromatic heterocycles. The highest BCUT2D eigenvalue weighted by molar-refractivity contribution is 7.98. The zero-order valence-corrected chi connectivity index (χ0v) is 19.0. The molecule has 0 saturated heterocycles. The van der Waals surface area contributed by atoms with Crippen LogP contribution in [0.15, 0.2) is 40.5 Å². The molecule has 0 aliphatic heterocycles. The number of aromatic amines is 1. The molecule has 0 bridgehead atoms. The highest BCUT2D eigenvalue weighted by Crippen LogP contribution is 2.16. The van der Waals surface area contributed by atoms with Crippen molar-refractivity contribution in [2.75, 3.05) is 19.1 Å². The van der Waals surface area contributed by atoms with E-state index in [9.17, 15) is 24.5 Å². The smallest absolute Gasteiger partial charge is 0.270 e. The fourth-order valence-electron chi connectivity index (χ4n) is 3.06. The summed E-state index contributed by atoms with van der Waals surface area (Å²) in [4.78, 5) is 56.7. The topological polar surface area (TPSA) is 138 Å². The maximum atomic E-state index is 13.1. The molecular weight excluding hydrogens is 454 g/mol. The van der Waals surface area contributed by atoms with Crippen LogP contribution in [0.4, 0.5) is 5.69 Å². The first-order valence-corrected chi connectivity index (χ1v) is 11.8. The Hall–Kier alpha value is -3.25. The monoisotopic (exact) mass is 475 g/mol. The first kappa shape index (κ1) is 23.4. The second-order valence-corrected chi connectivity index (χ2v) is 8.86. The molecule has 3 rings (SSSR count). The maximum absolute atomic E-state index is 13.1. The van der Waals surface area contributed by atoms with Gasteiger partial charge in [-0.05, 0) is 35.9 Å². The fourth-order valence-corrected chi connectivity index (χ4v) is 4.26. The molecule has 1 atom stereocenters. The van der Waals surface area contributed by atoms with Crippen molar-refractivity contribution in [3.63, 3.8) is 0 Å². The molecule has 0 fully saturated rings. The summed E-state index contributed by atoms with van der Waals surface area (Å²) < 4.78 is 0.518. The number of H-pyrrole nitrogens is 1. The summed E-state index contributed by atoms with van der Waals surface area (Å²) in [5.74, 6) is 0.0270. The van der Waals surface area contributed by atoms with Crippen LogP contribution in [-0.2, 0) is 11.3 Å². The Kier molecular flexibility index (Phi) is 7.59. The van der Waals surface area contributed by atoms with Gasteiger partial charge in [-0.15, -0.1) is 11.3 Å². The summed E-state index contributed by atoms with van der Waals surface area (Å²) in [5.41, 5.74) is 0.185. The van der Waals surface area contributed by atoms with E-state index in [1.807, 2.05) is 6.26 Å². The van der Waals surface area contributed by atoms with Gasteiger partial charge in [-0.2, -0.15) is 11.8 Å². The molecule has 2 amide bonds. The van der Waals surface area contributed by atoms with Crippen molar-refractivity contribution in [1.29, 1.82) is 0 Å². The predicted molar refractivity (Wildman–Crippen MR) is 124 cm³/mol. The minimum Gasteiger partial charge on any atom is -0.340 e. The van der Waals surface area contributed by atoms with Crippen LogP contribution >= 0.6 is 23.1 Å². The van der Waals surface area contributed by atoms with Gasteiger partial charge in [0.25, 0.3) is 17.2 Å². The molecule has 0 saturated carbocycles. The third-order valence-corrected chi connectivity index (χ3v) is 6.21. The molecular formula is C20H21N5O5S2. The zero-order valence-electron chi connectivity index (χ0n) is 17.4. The Morgan fingerprint density at radius 3 is 2.88 bits per heavy atom. The minimum absolute atomic E-state index is 0.0578. The summed E-state index contributed by atoms with van der Waals surface area (Å²) in [5, 5.41) is 15.4. The molecule has 0 spiro atoms. The van der Waals surface area contributed by atoms with Crippen LogP contribution < -0.4 is 10.9 Å². The highest BCUT2D eigenvalue weighted by Gasteiger charge is 2.25. The number of hydrogen-bond donors (Lipinski definition) is 2. The molecule has 2 heterocycles. The number of thioether (sulfide) groups is 1. The maximum Gasteiger partial charge on any atom is 0.270 e. The second kappa shape index (κ2) is 10.4. The lowest BCUT2D eigenvalue weighted by atomic mass is 10.1. The molecule has 0 aliphatic rings. The van der Waals surface area contributed by atoms with Crippen molar-refractivity contribution in [3.05, 3.63) is 67.6 Å². The van der Waals surface area contributed by atoms with Crippen LogP contribution in [0.3, 0.4) is 0 Å². The van der Waals surface area contributed by atoms with E-state index in [0.29, 0.717) is 28.2 Å². The van der Waals surface area contributed by atoms with Crippen LogP contribution in [0.2, 0.25) is 0 Å². The number of nitrogens with zero attached hydrogens (tertiary/aromatic N) is 3. The van der Waals surface area contributed by atoms with Gasteiger partial charge in [-0.1, -0.05) is 6.07 Å². The number of nitro groups is 1. The summed E-state index contributed by atoms with van der Waals surface area (Å²) in [7, 11) is 1.56.